The number of carbonyl (C=O) groups excluding carboxylic acids is 2. The van der Waals surface area contributed by atoms with Crippen LogP contribution in [0.4, 0.5) is 0 Å². The van der Waals surface area contributed by atoms with Crippen LogP contribution in [-0.4, -0.2) is 21.4 Å². The summed E-state index contributed by atoms with van der Waals surface area (Å²) in [5, 5.41) is 4.75. The van der Waals surface area contributed by atoms with Gasteiger partial charge in [0.05, 0.1) is 18.3 Å². The van der Waals surface area contributed by atoms with E-state index < -0.39 is 18.0 Å². The minimum Gasteiger partial charge on any atom is -0.463 e. The first kappa shape index (κ1) is 18.0. The number of pyridine rings is 1. The number of carbonyl (C=O) groups is 2. The van der Waals surface area contributed by atoms with Gasteiger partial charge >= 0.3 is 5.97 Å². The van der Waals surface area contributed by atoms with Gasteiger partial charge in [0.15, 0.2) is 5.58 Å². The fraction of sp³-hybridized carbons (Fsp3) is 0.150. The molecule has 4 heterocycles. The summed E-state index contributed by atoms with van der Waals surface area (Å²) in [7, 11) is 1.74. The molecular weight excluding hydrogens is 378 g/mol. The second-order valence-electron chi connectivity index (χ2n) is 6.13. The first-order chi connectivity index (χ1) is 13.6. The molecule has 28 heavy (non-hydrogen) atoms. The summed E-state index contributed by atoms with van der Waals surface area (Å²) in [4.78, 5) is 30.6. The predicted molar refractivity (Wildman–Crippen MR) is 104 cm³/mol. The Hall–Kier alpha value is -3.39. The van der Waals surface area contributed by atoms with Gasteiger partial charge < -0.3 is 19.0 Å². The zero-order valence-corrected chi connectivity index (χ0v) is 15.8. The molecular formula is C20H17N3O4S. The molecule has 0 aliphatic carbocycles. The third-order valence-electron chi connectivity index (χ3n) is 4.34. The molecule has 142 valence electrons. The van der Waals surface area contributed by atoms with Crippen molar-refractivity contribution in [1.82, 2.24) is 14.9 Å². The quantitative estimate of drug-likeness (QED) is 0.506. The van der Waals surface area contributed by atoms with Gasteiger partial charge in [-0.1, -0.05) is 12.1 Å². The van der Waals surface area contributed by atoms with E-state index in [4.69, 9.17) is 9.15 Å². The van der Waals surface area contributed by atoms with Gasteiger partial charge in [-0.25, -0.2) is 4.79 Å². The van der Waals surface area contributed by atoms with Crippen molar-refractivity contribution in [2.75, 3.05) is 0 Å². The van der Waals surface area contributed by atoms with Crippen LogP contribution in [-0.2, 0) is 23.1 Å². The maximum atomic E-state index is 12.8. The number of nitrogens with zero attached hydrogens (tertiary/aromatic N) is 2. The van der Waals surface area contributed by atoms with Crippen LogP contribution in [0.15, 0.2) is 64.9 Å². The average Bonchev–Trinajstić information content (AvgIpc) is 3.44. The van der Waals surface area contributed by atoms with E-state index in [9.17, 15) is 9.59 Å². The Labute approximate surface area is 164 Å². The summed E-state index contributed by atoms with van der Waals surface area (Å²) in [6.07, 6.45) is 3.55. The zero-order valence-electron chi connectivity index (χ0n) is 15.0. The molecule has 8 heteroatoms. The fourth-order valence-corrected chi connectivity index (χ4v) is 3.54. The number of rotatable bonds is 6. The van der Waals surface area contributed by atoms with Crippen molar-refractivity contribution in [2.24, 2.45) is 7.05 Å². The molecule has 0 bridgehead atoms. The number of esters is 1. The van der Waals surface area contributed by atoms with Crippen LogP contribution in [0.3, 0.4) is 0 Å². The first-order valence-corrected chi connectivity index (χ1v) is 9.45. The van der Waals surface area contributed by atoms with E-state index in [1.165, 1.54) is 17.5 Å². The summed E-state index contributed by atoms with van der Waals surface area (Å²) >= 11 is 1.54. The topological polar surface area (TPSA) is 86.4 Å². The van der Waals surface area contributed by atoms with Gasteiger partial charge in [-0.3, -0.25) is 9.78 Å². The van der Waals surface area contributed by atoms with E-state index in [1.807, 2.05) is 17.5 Å². The van der Waals surface area contributed by atoms with E-state index in [0.717, 1.165) is 10.4 Å². The molecule has 4 aromatic heterocycles. The molecule has 7 nitrogen and oxygen atoms in total. The van der Waals surface area contributed by atoms with Gasteiger partial charge in [0.2, 0.25) is 6.10 Å². The van der Waals surface area contributed by atoms with Crippen LogP contribution in [0.5, 0.6) is 0 Å². The summed E-state index contributed by atoms with van der Waals surface area (Å²) in [5.74, 6) is -1.03. The van der Waals surface area contributed by atoms with Crippen molar-refractivity contribution in [3.05, 3.63) is 76.6 Å². The first-order valence-electron chi connectivity index (χ1n) is 8.57. The van der Waals surface area contributed by atoms with Crippen LogP contribution >= 0.6 is 11.3 Å². The molecule has 0 saturated heterocycles. The van der Waals surface area contributed by atoms with E-state index in [0.29, 0.717) is 23.4 Å². The number of furan rings is 1. The molecule has 1 N–H and O–H groups in total. The number of amides is 1. The van der Waals surface area contributed by atoms with Crippen molar-refractivity contribution in [3.8, 4) is 0 Å². The average molecular weight is 395 g/mol. The lowest BCUT2D eigenvalue weighted by Crippen LogP contribution is -2.32. The number of thiophene rings is 1. The number of aromatic nitrogens is 2. The highest BCUT2D eigenvalue weighted by Gasteiger charge is 2.27. The van der Waals surface area contributed by atoms with Crippen LogP contribution in [0.25, 0.3) is 11.1 Å². The third kappa shape index (κ3) is 3.54. The maximum absolute atomic E-state index is 12.8. The molecule has 0 aliphatic heterocycles. The lowest BCUT2D eigenvalue weighted by molar-refractivity contribution is -0.130. The smallest absolute Gasteiger partial charge is 0.356 e. The summed E-state index contributed by atoms with van der Waals surface area (Å²) < 4.78 is 12.6. The molecule has 0 radical (unpaired) electrons. The highest BCUT2D eigenvalue weighted by molar-refractivity contribution is 7.09. The zero-order chi connectivity index (χ0) is 19.5. The van der Waals surface area contributed by atoms with Crippen molar-refractivity contribution < 1.29 is 18.7 Å². The number of nitrogens with one attached hydrogen (secondary N) is 1. The fourth-order valence-electron chi connectivity index (χ4n) is 2.90. The summed E-state index contributed by atoms with van der Waals surface area (Å²) in [6.45, 7) is 0.363. The molecule has 1 atom stereocenters. The minimum atomic E-state index is -1.11. The van der Waals surface area contributed by atoms with Gasteiger partial charge in [-0.15, -0.1) is 11.3 Å². The lowest BCUT2D eigenvalue weighted by atomic mass is 10.1. The molecule has 1 unspecified atom stereocenters. The van der Waals surface area contributed by atoms with Gasteiger partial charge in [-0.2, -0.15) is 0 Å². The van der Waals surface area contributed by atoms with Crippen LogP contribution in [0.2, 0.25) is 0 Å². The predicted octanol–water partition coefficient (Wildman–Crippen LogP) is 3.44. The van der Waals surface area contributed by atoms with Crippen molar-refractivity contribution in [2.45, 2.75) is 12.6 Å². The highest BCUT2D eigenvalue weighted by Crippen LogP contribution is 2.24. The van der Waals surface area contributed by atoms with Crippen molar-refractivity contribution >= 4 is 34.3 Å². The molecule has 0 saturated carbocycles. The van der Waals surface area contributed by atoms with E-state index in [-0.39, 0.29) is 0 Å². The summed E-state index contributed by atoms with van der Waals surface area (Å²) in [6, 6.07) is 10.6. The Morgan fingerprint density at radius 1 is 1.32 bits per heavy atom. The second-order valence-corrected chi connectivity index (χ2v) is 7.16. The van der Waals surface area contributed by atoms with Gasteiger partial charge in [0.25, 0.3) is 5.91 Å². The Morgan fingerprint density at radius 2 is 2.21 bits per heavy atom. The molecule has 4 rings (SSSR count). The number of hydrogen-bond acceptors (Lipinski definition) is 6. The Morgan fingerprint density at radius 3 is 2.93 bits per heavy atom. The molecule has 0 fully saturated rings. The monoisotopic (exact) mass is 395 g/mol. The number of hydrogen-bond donors (Lipinski definition) is 1. The minimum absolute atomic E-state index is 0.300. The Bertz CT molecular complexity index is 1100. The molecule has 0 aliphatic rings. The van der Waals surface area contributed by atoms with E-state index in [1.54, 1.807) is 48.3 Å². The van der Waals surface area contributed by atoms with Gasteiger partial charge in [0.1, 0.15) is 5.69 Å². The maximum Gasteiger partial charge on any atom is 0.356 e. The Kier molecular flexibility index (Phi) is 4.94. The van der Waals surface area contributed by atoms with Crippen molar-refractivity contribution in [1.29, 1.82) is 0 Å². The molecule has 0 aromatic carbocycles. The van der Waals surface area contributed by atoms with E-state index >= 15 is 0 Å². The van der Waals surface area contributed by atoms with Gasteiger partial charge in [0, 0.05) is 42.0 Å². The van der Waals surface area contributed by atoms with Crippen LogP contribution in [0.1, 0.15) is 27.0 Å². The Balaban J connectivity index is 1.56. The standard InChI is InChI=1S/C20H17N3O4S/c1-23-15-6-8-26-17(15)10-16(23)20(25)27-18(13-4-2-7-21-11-13)19(24)22-12-14-5-3-9-28-14/h2-11,18H,12H2,1H3,(H,22,24). The van der Waals surface area contributed by atoms with Crippen LogP contribution < -0.4 is 5.32 Å². The number of fused-ring (bicyclic) bond motifs is 1. The molecule has 1 amide bonds. The third-order valence-corrected chi connectivity index (χ3v) is 5.22. The lowest BCUT2D eigenvalue weighted by Gasteiger charge is -2.17. The highest BCUT2D eigenvalue weighted by atomic mass is 32.1. The summed E-state index contributed by atoms with van der Waals surface area (Å²) in [5.41, 5.74) is 2.15. The van der Waals surface area contributed by atoms with Crippen LogP contribution in [0, 0.1) is 0 Å². The largest absolute Gasteiger partial charge is 0.463 e. The normalized spacial score (nSPS) is 12.0. The number of aryl methyl sites for hydroxylation is 1. The second kappa shape index (κ2) is 7.69. The van der Waals surface area contributed by atoms with Gasteiger partial charge in [-0.05, 0) is 17.5 Å². The number of ether oxygens (including phenoxy) is 1. The van der Waals surface area contributed by atoms with E-state index in [2.05, 4.69) is 10.3 Å². The molecule has 0 spiro atoms. The SMILES string of the molecule is Cn1c(C(=O)OC(C(=O)NCc2cccs2)c2cccnc2)cc2occc21. The van der Waals surface area contributed by atoms with Crippen molar-refractivity contribution in [3.63, 3.8) is 0 Å². The molecule has 4 aromatic rings.